The van der Waals surface area contributed by atoms with Crippen LogP contribution in [0.25, 0.3) is 0 Å². The number of carbonyl (C=O) groups excluding carboxylic acids is 1. The maximum atomic E-state index is 12.4. The first-order chi connectivity index (χ1) is 18.1. The minimum Gasteiger partial charge on any atom is -0.475 e. The fourth-order valence-electron chi connectivity index (χ4n) is 3.41. The van der Waals surface area contributed by atoms with Crippen LogP contribution in [-0.4, -0.2) is 95.4 Å². The molecule has 4 rings (SSSR count). The summed E-state index contributed by atoms with van der Waals surface area (Å²) < 4.78 is 75.3. The van der Waals surface area contributed by atoms with Gasteiger partial charge in [-0.1, -0.05) is 0 Å². The lowest BCUT2D eigenvalue weighted by molar-refractivity contribution is -0.193. The van der Waals surface area contributed by atoms with Crippen molar-refractivity contribution in [2.75, 3.05) is 44.4 Å². The number of nitrogens with zero attached hydrogens (tertiary/aromatic N) is 3. The number of pyridine rings is 1. The Hall–Kier alpha value is -3.28. The highest BCUT2D eigenvalue weighted by Crippen LogP contribution is 2.27. The minimum absolute atomic E-state index is 0.0349. The Morgan fingerprint density at radius 2 is 1.72 bits per heavy atom. The van der Waals surface area contributed by atoms with Gasteiger partial charge < -0.3 is 24.6 Å². The highest BCUT2D eigenvalue weighted by atomic mass is 32.1. The Balaban J connectivity index is 0.000000317. The van der Waals surface area contributed by atoms with Gasteiger partial charge in [0.15, 0.2) is 0 Å². The van der Waals surface area contributed by atoms with Crippen LogP contribution in [-0.2, 0) is 30.4 Å². The van der Waals surface area contributed by atoms with E-state index in [1.165, 1.54) is 5.56 Å². The molecular weight excluding hydrogens is 564 g/mol. The van der Waals surface area contributed by atoms with E-state index < -0.39 is 29.9 Å². The molecule has 17 heteroatoms. The van der Waals surface area contributed by atoms with Gasteiger partial charge in [-0.3, -0.25) is 14.7 Å². The topological polar surface area (TPSA) is 130 Å². The molecule has 1 atom stereocenters. The number of aromatic nitrogens is 1. The smallest absolute Gasteiger partial charge is 0.475 e. The third kappa shape index (κ3) is 10.4. The van der Waals surface area contributed by atoms with Gasteiger partial charge in [-0.25, -0.2) is 9.59 Å². The molecule has 2 aromatic heterocycles. The molecule has 39 heavy (non-hydrogen) atoms. The monoisotopic (exact) mass is 587 g/mol. The molecule has 0 aromatic carbocycles. The Bertz CT molecular complexity index is 1060. The number of carboxylic acid groups (broad SMARTS) is 2. The van der Waals surface area contributed by atoms with Crippen LogP contribution in [0.3, 0.4) is 0 Å². The zero-order valence-electron chi connectivity index (χ0n) is 19.9. The molecule has 0 saturated carbocycles. The van der Waals surface area contributed by atoms with Crippen LogP contribution in [0.5, 0.6) is 0 Å². The summed E-state index contributed by atoms with van der Waals surface area (Å²) in [6, 6.07) is 5.90. The number of thiophene rings is 1. The molecule has 2 fully saturated rings. The largest absolute Gasteiger partial charge is 0.490 e. The summed E-state index contributed by atoms with van der Waals surface area (Å²) in [5.41, 5.74) is 1.61. The van der Waals surface area contributed by atoms with Crippen molar-refractivity contribution in [3.05, 3.63) is 46.9 Å². The lowest BCUT2D eigenvalue weighted by Crippen LogP contribution is -2.60. The van der Waals surface area contributed by atoms with Crippen molar-refractivity contribution in [2.24, 2.45) is 0 Å². The van der Waals surface area contributed by atoms with E-state index in [4.69, 9.17) is 29.3 Å². The first-order valence-electron chi connectivity index (χ1n) is 10.9. The van der Waals surface area contributed by atoms with E-state index in [1.807, 2.05) is 12.1 Å². The number of halogens is 6. The number of amides is 1. The summed E-state index contributed by atoms with van der Waals surface area (Å²) in [6.45, 7) is 4.21. The maximum absolute atomic E-state index is 12.4. The molecule has 2 saturated heterocycles. The summed E-state index contributed by atoms with van der Waals surface area (Å²) in [5.74, 6) is -5.55. The van der Waals surface area contributed by atoms with E-state index in [0.29, 0.717) is 19.8 Å². The minimum atomic E-state index is -5.08. The van der Waals surface area contributed by atoms with E-state index in [9.17, 15) is 31.1 Å². The van der Waals surface area contributed by atoms with Crippen molar-refractivity contribution in [2.45, 2.75) is 24.5 Å². The first-order valence-corrected chi connectivity index (χ1v) is 11.8. The van der Waals surface area contributed by atoms with E-state index >= 15 is 0 Å². The second-order valence-electron chi connectivity index (χ2n) is 8.16. The van der Waals surface area contributed by atoms with Crippen LogP contribution in [0.2, 0.25) is 0 Å². The van der Waals surface area contributed by atoms with Gasteiger partial charge in [0.2, 0.25) is 0 Å². The maximum Gasteiger partial charge on any atom is 0.490 e. The second-order valence-corrected chi connectivity index (χ2v) is 8.94. The Morgan fingerprint density at radius 3 is 2.23 bits per heavy atom. The standard InChI is InChI=1S/C18H21N3O3S.2C2HF3O2/c22-17-10-24-18(13-21(17)16-2-1-4-19-8-16)12-20(5-6-23-14-18)9-15-3-7-25-11-15;2*3-2(4,5)1(6)7/h1-4,7-8,11H,5-6,9-10,12-14H2;2*(H,6,7). The molecule has 0 radical (unpaired) electrons. The lowest BCUT2D eigenvalue weighted by Gasteiger charge is -2.42. The lowest BCUT2D eigenvalue weighted by atomic mass is 10.0. The quantitative estimate of drug-likeness (QED) is 0.521. The summed E-state index contributed by atoms with van der Waals surface area (Å²) >= 11 is 1.71. The second kappa shape index (κ2) is 13.7. The summed E-state index contributed by atoms with van der Waals surface area (Å²) in [4.78, 5) is 38.4. The van der Waals surface area contributed by atoms with Crippen LogP contribution in [0.15, 0.2) is 41.4 Å². The van der Waals surface area contributed by atoms with Gasteiger partial charge in [0.05, 0.1) is 31.6 Å². The Morgan fingerprint density at radius 1 is 1.08 bits per heavy atom. The summed E-state index contributed by atoms with van der Waals surface area (Å²) in [6.07, 6.45) is -6.74. The van der Waals surface area contributed by atoms with Gasteiger partial charge in [-0.15, -0.1) is 0 Å². The number of carbonyl (C=O) groups is 3. The normalized spacial score (nSPS) is 20.3. The van der Waals surface area contributed by atoms with E-state index in [1.54, 1.807) is 28.6 Å². The zero-order valence-corrected chi connectivity index (χ0v) is 20.8. The van der Waals surface area contributed by atoms with Crippen molar-refractivity contribution < 1.29 is 60.4 Å². The number of aliphatic carboxylic acids is 2. The van der Waals surface area contributed by atoms with Crippen LogP contribution in [0, 0.1) is 0 Å². The van der Waals surface area contributed by atoms with Gasteiger partial charge in [0.1, 0.15) is 12.2 Å². The number of hydrogen-bond acceptors (Lipinski definition) is 8. The molecule has 10 nitrogen and oxygen atoms in total. The van der Waals surface area contributed by atoms with Crippen molar-refractivity contribution in [1.82, 2.24) is 9.88 Å². The van der Waals surface area contributed by atoms with Gasteiger partial charge in [0.25, 0.3) is 5.91 Å². The Kier molecular flexibility index (Phi) is 11.2. The highest BCUT2D eigenvalue weighted by molar-refractivity contribution is 7.07. The SMILES string of the molecule is O=C(O)C(F)(F)F.O=C(O)C(F)(F)F.O=C1COC2(COCCN(Cc3ccsc3)C2)CN1c1cccnc1. The van der Waals surface area contributed by atoms with Gasteiger partial charge in [-0.2, -0.15) is 37.7 Å². The molecule has 1 amide bonds. The Labute approximate surface area is 221 Å². The summed E-state index contributed by atoms with van der Waals surface area (Å²) in [5, 5.41) is 18.5. The predicted molar refractivity (Wildman–Crippen MR) is 123 cm³/mol. The highest BCUT2D eigenvalue weighted by Gasteiger charge is 2.43. The number of rotatable bonds is 3. The van der Waals surface area contributed by atoms with E-state index in [-0.39, 0.29) is 12.5 Å². The molecule has 2 aliphatic rings. The molecule has 1 spiro atoms. The zero-order chi connectivity index (χ0) is 29.3. The van der Waals surface area contributed by atoms with Crippen molar-refractivity contribution in [3.63, 3.8) is 0 Å². The fraction of sp³-hybridized carbons (Fsp3) is 0.455. The molecule has 2 aromatic rings. The number of carboxylic acids is 2. The molecule has 0 bridgehead atoms. The average Bonchev–Trinajstić information content (AvgIpc) is 3.28. The van der Waals surface area contributed by atoms with Crippen LogP contribution in [0.4, 0.5) is 32.0 Å². The van der Waals surface area contributed by atoms with E-state index in [0.717, 1.165) is 25.3 Å². The fourth-order valence-corrected chi connectivity index (χ4v) is 4.07. The molecule has 1 unspecified atom stereocenters. The number of alkyl halides is 6. The van der Waals surface area contributed by atoms with Crippen LogP contribution < -0.4 is 4.90 Å². The molecule has 216 valence electrons. The van der Waals surface area contributed by atoms with Crippen molar-refractivity contribution in [3.8, 4) is 0 Å². The number of ether oxygens (including phenoxy) is 2. The molecule has 0 aliphatic carbocycles. The number of hydrogen-bond donors (Lipinski definition) is 2. The summed E-state index contributed by atoms with van der Waals surface area (Å²) in [7, 11) is 0. The first kappa shape index (κ1) is 31.9. The number of anilines is 1. The third-order valence-electron chi connectivity index (χ3n) is 5.11. The van der Waals surface area contributed by atoms with E-state index in [2.05, 4.69) is 26.7 Å². The molecular formula is C22H23F6N3O7S. The average molecular weight is 587 g/mol. The van der Waals surface area contributed by atoms with Gasteiger partial charge >= 0.3 is 24.3 Å². The third-order valence-corrected chi connectivity index (χ3v) is 5.84. The molecule has 2 aliphatic heterocycles. The predicted octanol–water partition coefficient (Wildman–Crippen LogP) is 3.04. The van der Waals surface area contributed by atoms with Crippen LogP contribution in [0.1, 0.15) is 5.56 Å². The van der Waals surface area contributed by atoms with Gasteiger partial charge in [-0.05, 0) is 34.5 Å². The molecule has 2 N–H and O–H groups in total. The molecule has 4 heterocycles. The van der Waals surface area contributed by atoms with Crippen molar-refractivity contribution >= 4 is 34.9 Å². The van der Waals surface area contributed by atoms with Gasteiger partial charge in [0, 0.05) is 25.8 Å². The van der Waals surface area contributed by atoms with Crippen LogP contribution >= 0.6 is 11.3 Å². The van der Waals surface area contributed by atoms with Crippen molar-refractivity contribution in [1.29, 1.82) is 0 Å². The number of morpholine rings is 1.